The van der Waals surface area contributed by atoms with Gasteiger partial charge < -0.3 is 10.2 Å². The number of aliphatic hydroxyl groups excluding tert-OH is 2. The summed E-state index contributed by atoms with van der Waals surface area (Å²) in [6.45, 7) is 0.726. The van der Waals surface area contributed by atoms with Crippen LogP contribution in [0.1, 0.15) is 18.9 Å². The number of H-pyrrole nitrogens is 1. The average molecular weight is 239 g/mol. The Bertz CT molecular complexity index is 540. The first kappa shape index (κ1) is 13.2. The second-order valence-electron chi connectivity index (χ2n) is 3.68. The van der Waals surface area contributed by atoms with Gasteiger partial charge in [-0.1, -0.05) is 6.92 Å². The van der Waals surface area contributed by atoms with E-state index in [1.54, 1.807) is 13.0 Å². The second-order valence-corrected chi connectivity index (χ2v) is 3.68. The van der Waals surface area contributed by atoms with Gasteiger partial charge in [-0.25, -0.2) is 4.79 Å². The third-order valence-electron chi connectivity index (χ3n) is 2.82. The quantitative estimate of drug-likeness (QED) is 0.590. The lowest BCUT2D eigenvalue weighted by molar-refractivity contribution is 0.0557. The largest absolute Gasteiger partial charge is 0.394 e. The van der Waals surface area contributed by atoms with E-state index in [-0.39, 0.29) is 12.0 Å². The highest BCUT2D eigenvalue weighted by molar-refractivity contribution is 5.22. The first-order chi connectivity index (χ1) is 8.04. The van der Waals surface area contributed by atoms with Crippen LogP contribution in [-0.2, 0) is 5.54 Å². The molecule has 0 spiro atoms. The lowest BCUT2D eigenvalue weighted by atomic mass is 9.98. The summed E-state index contributed by atoms with van der Waals surface area (Å²) >= 11 is 0. The molecule has 7 nitrogen and oxygen atoms in total. The van der Waals surface area contributed by atoms with E-state index in [4.69, 9.17) is 5.26 Å². The Kier molecular flexibility index (Phi) is 3.83. The van der Waals surface area contributed by atoms with Gasteiger partial charge in [-0.15, -0.1) is 0 Å². The molecule has 0 aromatic carbocycles. The molecule has 0 unspecified atom stereocenters. The van der Waals surface area contributed by atoms with E-state index >= 15 is 0 Å². The van der Waals surface area contributed by atoms with E-state index < -0.39 is 30.0 Å². The molecule has 1 aromatic heterocycles. The average Bonchev–Trinajstić information content (AvgIpc) is 2.34. The maximum Gasteiger partial charge on any atom is 0.329 e. The highest BCUT2D eigenvalue weighted by Crippen LogP contribution is 2.17. The van der Waals surface area contributed by atoms with Gasteiger partial charge in [-0.2, -0.15) is 5.26 Å². The van der Waals surface area contributed by atoms with Crippen molar-refractivity contribution < 1.29 is 10.2 Å². The van der Waals surface area contributed by atoms with Crippen LogP contribution in [0.5, 0.6) is 0 Å². The predicted octanol–water partition coefficient (Wildman–Crippen LogP) is -1.50. The van der Waals surface area contributed by atoms with Gasteiger partial charge in [0.2, 0.25) is 0 Å². The van der Waals surface area contributed by atoms with E-state index in [1.807, 2.05) is 4.98 Å². The number of hydrogen-bond donors (Lipinski definition) is 3. The fourth-order valence-electron chi connectivity index (χ4n) is 1.50. The molecular formula is C10H13N3O4. The molecule has 0 aliphatic carbocycles. The third kappa shape index (κ3) is 2.13. The van der Waals surface area contributed by atoms with Gasteiger partial charge in [-0.3, -0.25) is 14.3 Å². The summed E-state index contributed by atoms with van der Waals surface area (Å²) < 4.78 is 0.993. The Labute approximate surface area is 96.6 Å². The van der Waals surface area contributed by atoms with Crippen LogP contribution < -0.4 is 11.2 Å². The van der Waals surface area contributed by atoms with E-state index in [0.29, 0.717) is 0 Å². The molecular weight excluding hydrogens is 226 g/mol. The van der Waals surface area contributed by atoms with Crippen LogP contribution >= 0.6 is 0 Å². The molecule has 1 rings (SSSR count). The van der Waals surface area contributed by atoms with Gasteiger partial charge >= 0.3 is 5.69 Å². The van der Waals surface area contributed by atoms with Crippen molar-refractivity contribution in [2.24, 2.45) is 0 Å². The second kappa shape index (κ2) is 4.95. The number of aromatic nitrogens is 2. The highest BCUT2D eigenvalue weighted by Gasteiger charge is 2.30. The van der Waals surface area contributed by atoms with Gasteiger partial charge in [-0.05, 0) is 6.42 Å². The van der Waals surface area contributed by atoms with Crippen LogP contribution in [0, 0.1) is 11.3 Å². The van der Waals surface area contributed by atoms with Crippen LogP contribution in [0.4, 0.5) is 0 Å². The van der Waals surface area contributed by atoms with Crippen molar-refractivity contribution >= 4 is 0 Å². The van der Waals surface area contributed by atoms with E-state index in [1.165, 1.54) is 0 Å². The van der Waals surface area contributed by atoms with E-state index in [9.17, 15) is 19.8 Å². The molecule has 1 heterocycles. The lowest BCUT2D eigenvalue weighted by Crippen LogP contribution is -2.49. The van der Waals surface area contributed by atoms with Crippen molar-refractivity contribution in [2.75, 3.05) is 13.2 Å². The van der Waals surface area contributed by atoms with E-state index in [0.717, 1.165) is 10.8 Å². The minimum Gasteiger partial charge on any atom is -0.394 e. The normalized spacial score (nSPS) is 11.2. The first-order valence-corrected chi connectivity index (χ1v) is 5.03. The van der Waals surface area contributed by atoms with Crippen LogP contribution in [-0.4, -0.2) is 33.0 Å². The Hall–Kier alpha value is -1.91. The first-order valence-electron chi connectivity index (χ1n) is 5.03. The van der Waals surface area contributed by atoms with Crippen molar-refractivity contribution in [1.82, 2.24) is 9.55 Å². The Balaban J connectivity index is 3.56. The standard InChI is InChI=1S/C10H13N3O4/c1-2-10(5-14,6-15)13-4-7(3-11)8(16)12-9(13)17/h4,14-15H,2,5-6H2,1H3,(H,12,16,17). The molecule has 3 N–H and O–H groups in total. The Morgan fingerprint density at radius 3 is 2.47 bits per heavy atom. The summed E-state index contributed by atoms with van der Waals surface area (Å²) in [5, 5.41) is 27.3. The minimum absolute atomic E-state index is 0.246. The van der Waals surface area contributed by atoms with Crippen LogP contribution in [0.2, 0.25) is 0 Å². The number of aliphatic hydroxyl groups is 2. The zero-order valence-corrected chi connectivity index (χ0v) is 9.30. The summed E-state index contributed by atoms with van der Waals surface area (Å²) in [4.78, 5) is 24.8. The van der Waals surface area contributed by atoms with Gasteiger partial charge in [0.05, 0.1) is 18.8 Å². The number of hydrogen-bond acceptors (Lipinski definition) is 5. The summed E-state index contributed by atoms with van der Waals surface area (Å²) in [5.74, 6) is 0. The van der Waals surface area contributed by atoms with Crippen LogP contribution in [0.25, 0.3) is 0 Å². The van der Waals surface area contributed by atoms with Crippen LogP contribution in [0.3, 0.4) is 0 Å². The number of nitrogens with one attached hydrogen (secondary N) is 1. The molecule has 0 radical (unpaired) electrons. The maximum absolute atomic E-state index is 11.6. The number of aromatic amines is 1. The van der Waals surface area contributed by atoms with Crippen molar-refractivity contribution in [3.05, 3.63) is 32.6 Å². The lowest BCUT2D eigenvalue weighted by Gasteiger charge is -2.30. The zero-order valence-electron chi connectivity index (χ0n) is 9.30. The molecule has 0 bridgehead atoms. The minimum atomic E-state index is -1.22. The number of nitrogens with zero attached hydrogens (tertiary/aromatic N) is 2. The molecule has 0 aliphatic heterocycles. The molecule has 0 amide bonds. The molecule has 7 heteroatoms. The fourth-order valence-corrected chi connectivity index (χ4v) is 1.50. The molecule has 0 fully saturated rings. The molecule has 0 saturated carbocycles. The van der Waals surface area contributed by atoms with Crippen molar-refractivity contribution in [3.8, 4) is 6.07 Å². The van der Waals surface area contributed by atoms with Gasteiger partial charge in [0.25, 0.3) is 5.56 Å². The molecule has 0 atom stereocenters. The topological polar surface area (TPSA) is 119 Å². The third-order valence-corrected chi connectivity index (χ3v) is 2.82. The van der Waals surface area contributed by atoms with Gasteiger partial charge in [0, 0.05) is 6.20 Å². The van der Waals surface area contributed by atoms with Crippen molar-refractivity contribution in [1.29, 1.82) is 5.26 Å². The molecule has 0 aliphatic rings. The van der Waals surface area contributed by atoms with Crippen LogP contribution in [0.15, 0.2) is 15.8 Å². The summed E-state index contributed by atoms with van der Waals surface area (Å²) in [6, 6.07) is 1.64. The maximum atomic E-state index is 11.6. The summed E-state index contributed by atoms with van der Waals surface area (Å²) in [6.07, 6.45) is 1.33. The molecule has 17 heavy (non-hydrogen) atoms. The SMILES string of the molecule is CCC(CO)(CO)n1cc(C#N)c(=O)[nH]c1=O. The summed E-state index contributed by atoms with van der Waals surface area (Å²) in [5.41, 5.74) is -3.01. The smallest absolute Gasteiger partial charge is 0.329 e. The fraction of sp³-hybridized carbons (Fsp3) is 0.500. The van der Waals surface area contributed by atoms with E-state index in [2.05, 4.69) is 0 Å². The number of rotatable bonds is 4. The Morgan fingerprint density at radius 2 is 2.06 bits per heavy atom. The van der Waals surface area contributed by atoms with Crippen molar-refractivity contribution in [3.63, 3.8) is 0 Å². The van der Waals surface area contributed by atoms with Gasteiger partial charge in [0.15, 0.2) is 0 Å². The van der Waals surface area contributed by atoms with Crippen molar-refractivity contribution in [2.45, 2.75) is 18.9 Å². The zero-order chi connectivity index (χ0) is 13.1. The predicted molar refractivity (Wildman–Crippen MR) is 58.5 cm³/mol. The highest BCUT2D eigenvalue weighted by atomic mass is 16.3. The summed E-state index contributed by atoms with van der Waals surface area (Å²) in [7, 11) is 0. The number of nitriles is 1. The van der Waals surface area contributed by atoms with Gasteiger partial charge in [0.1, 0.15) is 11.6 Å². The Morgan fingerprint density at radius 1 is 1.47 bits per heavy atom. The monoisotopic (exact) mass is 239 g/mol. The molecule has 92 valence electrons. The molecule has 0 saturated heterocycles. The molecule has 1 aromatic rings.